The summed E-state index contributed by atoms with van der Waals surface area (Å²) >= 11 is 0. The van der Waals surface area contributed by atoms with E-state index in [1.807, 2.05) is 31.2 Å². The molecule has 1 aromatic carbocycles. The van der Waals surface area contributed by atoms with Crippen LogP contribution in [0.5, 0.6) is 0 Å². The molecule has 28 heavy (non-hydrogen) atoms. The van der Waals surface area contributed by atoms with Crippen molar-refractivity contribution in [1.82, 2.24) is 4.57 Å². The first-order valence-corrected chi connectivity index (χ1v) is 9.43. The number of aliphatic hydroxyl groups is 1. The van der Waals surface area contributed by atoms with Crippen molar-refractivity contribution in [2.45, 2.75) is 38.9 Å². The maximum absolute atomic E-state index is 12.1. The highest BCUT2D eigenvalue weighted by Crippen LogP contribution is 2.42. The van der Waals surface area contributed by atoms with Crippen molar-refractivity contribution in [3.63, 3.8) is 0 Å². The number of aliphatic carboxylic acids is 1. The van der Waals surface area contributed by atoms with E-state index in [9.17, 15) is 19.8 Å². The fourth-order valence-electron chi connectivity index (χ4n) is 3.85. The monoisotopic (exact) mass is 387 g/mol. The molecule has 0 aliphatic carbocycles. The molecule has 2 heterocycles. The van der Waals surface area contributed by atoms with Gasteiger partial charge in [0.15, 0.2) is 0 Å². The molecule has 1 aliphatic heterocycles. The summed E-state index contributed by atoms with van der Waals surface area (Å²) in [7, 11) is 0. The first kappa shape index (κ1) is 20.1. The first-order valence-electron chi connectivity index (χ1n) is 9.43. The fourth-order valence-corrected chi connectivity index (χ4v) is 3.85. The van der Waals surface area contributed by atoms with Gasteiger partial charge in [-0.3, -0.25) is 9.36 Å². The van der Waals surface area contributed by atoms with Crippen molar-refractivity contribution in [3.05, 3.63) is 47.9 Å². The number of para-hydroxylation sites is 1. The number of carbonyl (C=O) groups excluding carboxylic acids is 1. The lowest BCUT2D eigenvalue weighted by Gasteiger charge is -2.36. The van der Waals surface area contributed by atoms with Gasteiger partial charge in [-0.15, -0.1) is 0 Å². The second kappa shape index (κ2) is 8.58. The molecule has 1 aliphatic rings. The highest BCUT2D eigenvalue weighted by atomic mass is 16.7. The lowest BCUT2D eigenvalue weighted by molar-refractivity contribution is -0.173. The fraction of sp³-hybridized carbons (Fsp3) is 0.429. The van der Waals surface area contributed by atoms with Gasteiger partial charge in [-0.05, 0) is 37.5 Å². The van der Waals surface area contributed by atoms with Gasteiger partial charge in [0.1, 0.15) is 0 Å². The zero-order valence-corrected chi connectivity index (χ0v) is 16.0. The van der Waals surface area contributed by atoms with Crippen LogP contribution in [0.2, 0.25) is 0 Å². The van der Waals surface area contributed by atoms with E-state index in [0.29, 0.717) is 19.4 Å². The van der Waals surface area contributed by atoms with E-state index in [2.05, 4.69) is 0 Å². The molecule has 2 aromatic rings. The maximum atomic E-state index is 12.1. The molecular formula is C21H25NO6. The third-order valence-electron chi connectivity index (χ3n) is 5.06. The molecule has 0 fully saturated rings. The first-order chi connectivity index (χ1) is 13.5. The zero-order chi connectivity index (χ0) is 20.3. The number of fused-ring (bicyclic) bond motifs is 1. The maximum Gasteiger partial charge on any atom is 0.370 e. The molecule has 0 spiro atoms. The van der Waals surface area contributed by atoms with Crippen LogP contribution in [0.25, 0.3) is 10.9 Å². The van der Waals surface area contributed by atoms with Crippen molar-refractivity contribution < 1.29 is 29.3 Å². The van der Waals surface area contributed by atoms with E-state index in [1.165, 1.54) is 6.92 Å². The Labute approximate surface area is 163 Å². The Morgan fingerprint density at radius 3 is 2.68 bits per heavy atom. The Hall–Kier alpha value is -2.64. The summed E-state index contributed by atoms with van der Waals surface area (Å²) in [6.07, 6.45) is 3.75. The summed E-state index contributed by atoms with van der Waals surface area (Å²) in [6.45, 7) is 3.70. The third-order valence-corrected chi connectivity index (χ3v) is 5.06. The average molecular weight is 387 g/mol. The molecule has 7 nitrogen and oxygen atoms in total. The SMILES string of the molecule is CCO[C@@H]1OC(C(=O)O)=C[C@H](c2cn(C(C)=O)c3ccccc23)[C@@H]1CCCO. The summed E-state index contributed by atoms with van der Waals surface area (Å²) in [4.78, 5) is 23.8. The number of hydrogen-bond acceptors (Lipinski definition) is 5. The molecule has 0 saturated carbocycles. The molecule has 3 atom stereocenters. The van der Waals surface area contributed by atoms with E-state index < -0.39 is 12.3 Å². The molecule has 3 rings (SSSR count). The summed E-state index contributed by atoms with van der Waals surface area (Å²) in [5, 5.41) is 19.7. The van der Waals surface area contributed by atoms with E-state index in [-0.39, 0.29) is 30.1 Å². The number of benzene rings is 1. The van der Waals surface area contributed by atoms with E-state index >= 15 is 0 Å². The van der Waals surface area contributed by atoms with Gasteiger partial charge in [0.05, 0.1) is 5.52 Å². The van der Waals surface area contributed by atoms with Gasteiger partial charge in [-0.25, -0.2) is 4.79 Å². The highest BCUT2D eigenvalue weighted by molar-refractivity contribution is 5.94. The van der Waals surface area contributed by atoms with E-state index in [1.54, 1.807) is 16.8 Å². The van der Waals surface area contributed by atoms with Gasteiger partial charge in [-0.2, -0.15) is 0 Å². The Morgan fingerprint density at radius 2 is 2.04 bits per heavy atom. The largest absolute Gasteiger partial charge is 0.475 e. The second-order valence-corrected chi connectivity index (χ2v) is 6.82. The second-order valence-electron chi connectivity index (χ2n) is 6.82. The number of allylic oxidation sites excluding steroid dienone is 1. The van der Waals surface area contributed by atoms with Crippen molar-refractivity contribution >= 4 is 22.8 Å². The topological polar surface area (TPSA) is 98.0 Å². The Bertz CT molecular complexity index is 899. The number of aromatic nitrogens is 1. The van der Waals surface area contributed by atoms with Crippen molar-refractivity contribution in [1.29, 1.82) is 0 Å². The van der Waals surface area contributed by atoms with Crippen LogP contribution in [0.15, 0.2) is 42.3 Å². The molecule has 0 saturated heterocycles. The third kappa shape index (κ3) is 3.81. The predicted octanol–water partition coefficient (Wildman–Crippen LogP) is 3.14. The average Bonchev–Trinajstić information content (AvgIpc) is 3.06. The Kier molecular flexibility index (Phi) is 6.16. The number of nitrogens with zero attached hydrogens (tertiary/aromatic N) is 1. The van der Waals surface area contributed by atoms with Gasteiger partial charge in [0.2, 0.25) is 18.0 Å². The summed E-state index contributed by atoms with van der Waals surface area (Å²) in [5.41, 5.74) is 1.62. The van der Waals surface area contributed by atoms with Crippen LogP contribution in [-0.2, 0) is 14.3 Å². The number of aliphatic hydroxyl groups excluding tert-OH is 1. The number of rotatable bonds is 7. The number of ether oxygens (including phenoxy) is 2. The lowest BCUT2D eigenvalue weighted by atomic mass is 9.80. The van der Waals surface area contributed by atoms with Gasteiger partial charge in [0, 0.05) is 43.6 Å². The summed E-state index contributed by atoms with van der Waals surface area (Å²) in [6, 6.07) is 7.54. The smallest absolute Gasteiger partial charge is 0.370 e. The van der Waals surface area contributed by atoms with E-state index in [4.69, 9.17) is 9.47 Å². The van der Waals surface area contributed by atoms with Crippen LogP contribution in [0.3, 0.4) is 0 Å². The van der Waals surface area contributed by atoms with Crippen LogP contribution in [0.4, 0.5) is 0 Å². The molecule has 2 N–H and O–H groups in total. The van der Waals surface area contributed by atoms with Crippen LogP contribution in [0.1, 0.15) is 43.0 Å². The number of carboxylic acids is 1. The minimum atomic E-state index is -1.16. The molecule has 0 bridgehead atoms. The highest BCUT2D eigenvalue weighted by Gasteiger charge is 2.39. The lowest BCUT2D eigenvalue weighted by Crippen LogP contribution is -2.36. The standard InChI is InChI=1S/C21H25NO6/c1-3-27-21-15(8-6-10-23)16(11-19(28-21)20(25)26)17-12-22(13(2)24)18-9-5-4-7-14(17)18/h4-5,7,9,11-12,15-16,21,23H,3,6,8,10H2,1-2H3,(H,25,26)/t15-,16-,21+/m0/s1. The predicted molar refractivity (Wildman–Crippen MR) is 103 cm³/mol. The van der Waals surface area contributed by atoms with Crippen LogP contribution >= 0.6 is 0 Å². The van der Waals surface area contributed by atoms with Crippen molar-refractivity contribution in [3.8, 4) is 0 Å². The van der Waals surface area contributed by atoms with Gasteiger partial charge < -0.3 is 19.7 Å². The zero-order valence-electron chi connectivity index (χ0n) is 16.0. The van der Waals surface area contributed by atoms with E-state index in [0.717, 1.165) is 16.5 Å². The molecule has 0 amide bonds. The van der Waals surface area contributed by atoms with Gasteiger partial charge >= 0.3 is 5.97 Å². The van der Waals surface area contributed by atoms with Crippen LogP contribution in [-0.4, -0.2) is 46.2 Å². The van der Waals surface area contributed by atoms with Gasteiger partial charge in [-0.1, -0.05) is 18.2 Å². The molecule has 7 heteroatoms. The van der Waals surface area contributed by atoms with Crippen molar-refractivity contribution in [2.24, 2.45) is 5.92 Å². The number of hydrogen-bond donors (Lipinski definition) is 2. The molecule has 0 radical (unpaired) electrons. The van der Waals surface area contributed by atoms with Crippen molar-refractivity contribution in [2.75, 3.05) is 13.2 Å². The molecular weight excluding hydrogens is 362 g/mol. The molecule has 0 unspecified atom stereocenters. The van der Waals surface area contributed by atoms with Crippen LogP contribution < -0.4 is 0 Å². The van der Waals surface area contributed by atoms with Crippen LogP contribution in [0, 0.1) is 5.92 Å². The summed E-state index contributed by atoms with van der Waals surface area (Å²) < 4.78 is 12.9. The van der Waals surface area contributed by atoms with Gasteiger partial charge in [0.25, 0.3) is 0 Å². The molecule has 1 aromatic heterocycles. The Balaban J connectivity index is 2.16. The number of carboxylic acid groups (broad SMARTS) is 1. The quantitative estimate of drug-likeness (QED) is 0.757. The summed E-state index contributed by atoms with van der Waals surface area (Å²) in [5.74, 6) is -1.96. The minimum Gasteiger partial charge on any atom is -0.475 e. The number of carbonyl (C=O) groups is 2. The Morgan fingerprint density at radius 1 is 1.29 bits per heavy atom. The minimum absolute atomic E-state index is 0.0206. The normalized spacial score (nSPS) is 22.0. The molecule has 150 valence electrons.